The average molecular weight is 235 g/mol. The van der Waals surface area contributed by atoms with Crippen LogP contribution in [-0.2, 0) is 6.54 Å². The molecule has 0 aliphatic rings. The van der Waals surface area contributed by atoms with Gasteiger partial charge in [0.25, 0.3) is 0 Å². The van der Waals surface area contributed by atoms with Crippen LogP contribution in [0.4, 0.5) is 10.1 Å². The van der Waals surface area contributed by atoms with Gasteiger partial charge in [0.05, 0.1) is 17.8 Å². The number of imidazole rings is 1. The molecule has 0 aliphatic heterocycles. The van der Waals surface area contributed by atoms with Crippen LogP contribution in [0.5, 0.6) is 0 Å². The van der Waals surface area contributed by atoms with E-state index in [1.165, 1.54) is 12.1 Å². The van der Waals surface area contributed by atoms with Crippen LogP contribution in [0, 0.1) is 5.82 Å². The minimum atomic E-state index is -1.09. The number of aromatic carboxylic acids is 1. The monoisotopic (exact) mass is 235 g/mol. The van der Waals surface area contributed by atoms with Crippen molar-refractivity contribution in [2.45, 2.75) is 6.54 Å². The lowest BCUT2D eigenvalue weighted by Gasteiger charge is -2.06. The number of H-pyrrole nitrogens is 1. The molecule has 6 heteroatoms. The van der Waals surface area contributed by atoms with Crippen LogP contribution in [0.3, 0.4) is 0 Å². The van der Waals surface area contributed by atoms with Crippen LogP contribution in [-0.4, -0.2) is 21.0 Å². The summed E-state index contributed by atoms with van der Waals surface area (Å²) >= 11 is 0. The van der Waals surface area contributed by atoms with Crippen molar-refractivity contribution in [3.05, 3.63) is 47.8 Å². The number of aromatic nitrogens is 2. The summed E-state index contributed by atoms with van der Waals surface area (Å²) in [6.07, 6.45) is 3.24. The number of halogens is 1. The molecule has 0 spiro atoms. The lowest BCUT2D eigenvalue weighted by Crippen LogP contribution is -2.05. The third-order valence-electron chi connectivity index (χ3n) is 2.21. The predicted molar refractivity (Wildman–Crippen MR) is 59.3 cm³/mol. The van der Waals surface area contributed by atoms with Gasteiger partial charge < -0.3 is 15.4 Å². The molecule has 1 heterocycles. The van der Waals surface area contributed by atoms with Crippen LogP contribution in [0.15, 0.2) is 30.6 Å². The highest BCUT2D eigenvalue weighted by molar-refractivity contribution is 5.88. The fourth-order valence-corrected chi connectivity index (χ4v) is 1.37. The third-order valence-corrected chi connectivity index (χ3v) is 2.21. The minimum Gasteiger partial charge on any atom is -0.478 e. The number of carboxylic acids is 1. The Labute approximate surface area is 96.3 Å². The molecule has 0 fully saturated rings. The van der Waals surface area contributed by atoms with Gasteiger partial charge in [0, 0.05) is 12.4 Å². The summed E-state index contributed by atoms with van der Waals surface area (Å²) in [4.78, 5) is 17.5. The zero-order valence-corrected chi connectivity index (χ0v) is 8.77. The molecule has 0 radical (unpaired) electrons. The van der Waals surface area contributed by atoms with E-state index < -0.39 is 11.8 Å². The van der Waals surface area contributed by atoms with Crippen molar-refractivity contribution in [2.24, 2.45) is 0 Å². The van der Waals surface area contributed by atoms with Gasteiger partial charge >= 0.3 is 5.97 Å². The standard InChI is InChI=1S/C11H10FN3O2/c12-8-2-1-7(11(16)17)5-9(8)15-6-10-13-3-4-14-10/h1-5,15H,6H2,(H,13,14)(H,16,17). The van der Waals surface area contributed by atoms with Crippen molar-refractivity contribution in [3.8, 4) is 0 Å². The molecule has 1 aromatic heterocycles. The van der Waals surface area contributed by atoms with Crippen LogP contribution in [0.25, 0.3) is 0 Å². The van der Waals surface area contributed by atoms with Crippen LogP contribution in [0.2, 0.25) is 0 Å². The Morgan fingerprint density at radius 3 is 3.00 bits per heavy atom. The second-order valence-corrected chi connectivity index (χ2v) is 3.39. The van der Waals surface area contributed by atoms with Gasteiger partial charge in [0.15, 0.2) is 0 Å². The summed E-state index contributed by atoms with van der Waals surface area (Å²) in [5, 5.41) is 11.6. The Morgan fingerprint density at radius 2 is 2.35 bits per heavy atom. The number of hydrogen-bond acceptors (Lipinski definition) is 3. The maximum Gasteiger partial charge on any atom is 0.335 e. The highest BCUT2D eigenvalue weighted by atomic mass is 19.1. The first-order valence-electron chi connectivity index (χ1n) is 4.92. The molecule has 0 unspecified atom stereocenters. The summed E-state index contributed by atoms with van der Waals surface area (Å²) in [5.74, 6) is -0.947. The molecule has 0 saturated carbocycles. The molecule has 1 aromatic carbocycles. The minimum absolute atomic E-state index is 0.0355. The number of anilines is 1. The van der Waals surface area contributed by atoms with E-state index in [0.717, 1.165) is 6.07 Å². The number of carbonyl (C=O) groups is 1. The molecule has 5 nitrogen and oxygen atoms in total. The summed E-state index contributed by atoms with van der Waals surface area (Å²) < 4.78 is 13.4. The van der Waals surface area contributed by atoms with E-state index in [1.807, 2.05) is 0 Å². The Balaban J connectivity index is 2.14. The Hall–Kier alpha value is -2.37. The molecule has 3 N–H and O–H groups in total. The van der Waals surface area contributed by atoms with Gasteiger partial charge in [-0.05, 0) is 18.2 Å². The van der Waals surface area contributed by atoms with Gasteiger partial charge in [-0.2, -0.15) is 0 Å². The molecule has 0 amide bonds. The first-order chi connectivity index (χ1) is 8.16. The zero-order chi connectivity index (χ0) is 12.3. The maximum absolute atomic E-state index is 13.4. The van der Waals surface area contributed by atoms with Crippen LogP contribution in [0.1, 0.15) is 16.2 Å². The molecule has 17 heavy (non-hydrogen) atoms. The zero-order valence-electron chi connectivity index (χ0n) is 8.77. The highest BCUT2D eigenvalue weighted by Gasteiger charge is 2.08. The molecular formula is C11H10FN3O2. The summed E-state index contributed by atoms with van der Waals surface area (Å²) in [7, 11) is 0. The van der Waals surface area contributed by atoms with Crippen LogP contribution < -0.4 is 5.32 Å². The number of aromatic amines is 1. The van der Waals surface area contributed by atoms with Gasteiger partial charge in [-0.3, -0.25) is 0 Å². The SMILES string of the molecule is O=C(O)c1ccc(F)c(NCc2ncc[nH]2)c1. The van der Waals surface area contributed by atoms with Gasteiger partial charge in [0.1, 0.15) is 11.6 Å². The second kappa shape index (κ2) is 4.65. The van der Waals surface area contributed by atoms with Crippen LogP contribution >= 0.6 is 0 Å². The molecule has 0 aliphatic carbocycles. The summed E-state index contributed by atoms with van der Waals surface area (Å²) in [5.41, 5.74) is 0.176. The number of nitrogens with one attached hydrogen (secondary N) is 2. The number of rotatable bonds is 4. The first-order valence-corrected chi connectivity index (χ1v) is 4.92. The molecule has 2 aromatic rings. The fraction of sp³-hybridized carbons (Fsp3) is 0.0909. The lowest BCUT2D eigenvalue weighted by atomic mass is 10.2. The quantitative estimate of drug-likeness (QED) is 0.755. The van der Waals surface area contributed by atoms with Crippen molar-refractivity contribution in [1.82, 2.24) is 9.97 Å². The topological polar surface area (TPSA) is 78.0 Å². The second-order valence-electron chi connectivity index (χ2n) is 3.39. The van der Waals surface area contributed by atoms with E-state index in [1.54, 1.807) is 12.4 Å². The lowest BCUT2D eigenvalue weighted by molar-refractivity contribution is 0.0697. The van der Waals surface area contributed by atoms with E-state index in [4.69, 9.17) is 5.11 Å². The summed E-state index contributed by atoms with van der Waals surface area (Å²) in [6, 6.07) is 3.59. The van der Waals surface area contributed by atoms with Crippen molar-refractivity contribution in [2.75, 3.05) is 5.32 Å². The average Bonchev–Trinajstić information content (AvgIpc) is 2.80. The molecule has 0 saturated heterocycles. The number of hydrogen-bond donors (Lipinski definition) is 3. The Kier molecular flexibility index (Phi) is 3.04. The van der Waals surface area contributed by atoms with Gasteiger partial charge in [-0.25, -0.2) is 14.2 Å². The number of benzene rings is 1. The Morgan fingerprint density at radius 1 is 1.53 bits per heavy atom. The number of nitrogens with zero attached hydrogens (tertiary/aromatic N) is 1. The Bertz CT molecular complexity index is 526. The van der Waals surface area contributed by atoms with E-state index in [9.17, 15) is 9.18 Å². The largest absolute Gasteiger partial charge is 0.478 e. The summed E-state index contributed by atoms with van der Waals surface area (Å²) in [6.45, 7) is 0.299. The maximum atomic E-state index is 13.4. The third kappa shape index (κ3) is 2.60. The molecular weight excluding hydrogens is 225 g/mol. The van der Waals surface area contributed by atoms with Gasteiger partial charge in [-0.1, -0.05) is 0 Å². The molecule has 88 valence electrons. The first kappa shape index (κ1) is 11.1. The van der Waals surface area contributed by atoms with E-state index in [2.05, 4.69) is 15.3 Å². The van der Waals surface area contributed by atoms with Crippen molar-refractivity contribution in [1.29, 1.82) is 0 Å². The van der Waals surface area contributed by atoms with E-state index in [-0.39, 0.29) is 11.3 Å². The fourth-order valence-electron chi connectivity index (χ4n) is 1.37. The molecule has 0 bridgehead atoms. The smallest absolute Gasteiger partial charge is 0.335 e. The molecule has 2 rings (SSSR count). The van der Waals surface area contributed by atoms with Gasteiger partial charge in [-0.15, -0.1) is 0 Å². The molecule has 0 atom stereocenters. The highest BCUT2D eigenvalue weighted by Crippen LogP contribution is 2.16. The predicted octanol–water partition coefficient (Wildman–Crippen LogP) is 1.86. The van der Waals surface area contributed by atoms with E-state index in [0.29, 0.717) is 12.4 Å². The van der Waals surface area contributed by atoms with Crippen molar-refractivity contribution >= 4 is 11.7 Å². The van der Waals surface area contributed by atoms with Crippen molar-refractivity contribution in [3.63, 3.8) is 0 Å². The number of carboxylic acid groups (broad SMARTS) is 1. The normalized spacial score (nSPS) is 10.2. The van der Waals surface area contributed by atoms with E-state index >= 15 is 0 Å². The van der Waals surface area contributed by atoms with Gasteiger partial charge in [0.2, 0.25) is 0 Å². The van der Waals surface area contributed by atoms with Crippen molar-refractivity contribution < 1.29 is 14.3 Å².